The Balaban J connectivity index is 1.67. The van der Waals surface area contributed by atoms with E-state index in [4.69, 9.17) is 14.2 Å². The number of non-ortho nitro benzene ring substituents is 1. The first kappa shape index (κ1) is 23.5. The van der Waals surface area contributed by atoms with Crippen molar-refractivity contribution in [3.8, 4) is 23.0 Å². The predicted molar refractivity (Wildman–Crippen MR) is 131 cm³/mol. The SMILES string of the molecule is CC(=O)c1c(OCc2ccccc2)cc(OCc2ccccc2)cc1Oc1ccc([N+](=O)[O-])cc1. The van der Waals surface area contributed by atoms with Crippen molar-refractivity contribution in [2.24, 2.45) is 0 Å². The van der Waals surface area contributed by atoms with E-state index < -0.39 is 4.92 Å². The van der Waals surface area contributed by atoms with Crippen LogP contribution < -0.4 is 14.2 Å². The molecule has 7 nitrogen and oxygen atoms in total. The number of rotatable bonds is 10. The molecule has 4 aromatic carbocycles. The highest BCUT2D eigenvalue weighted by Crippen LogP contribution is 2.38. The molecule has 0 aliphatic heterocycles. The van der Waals surface area contributed by atoms with Gasteiger partial charge in [0, 0.05) is 24.3 Å². The maximum absolute atomic E-state index is 12.6. The molecule has 4 aromatic rings. The summed E-state index contributed by atoms with van der Waals surface area (Å²) in [7, 11) is 0. The van der Waals surface area contributed by atoms with Crippen molar-refractivity contribution < 1.29 is 23.9 Å². The number of ketones is 1. The third-order valence-electron chi connectivity index (χ3n) is 5.15. The first-order valence-electron chi connectivity index (χ1n) is 10.9. The summed E-state index contributed by atoms with van der Waals surface area (Å²) < 4.78 is 18.0. The Morgan fingerprint density at radius 3 is 1.83 bits per heavy atom. The van der Waals surface area contributed by atoms with Crippen LogP contribution in [0.2, 0.25) is 0 Å². The van der Waals surface area contributed by atoms with Gasteiger partial charge in [-0.15, -0.1) is 0 Å². The van der Waals surface area contributed by atoms with Crippen LogP contribution in [0.4, 0.5) is 5.69 Å². The average Bonchev–Trinajstić information content (AvgIpc) is 2.87. The van der Waals surface area contributed by atoms with Gasteiger partial charge in [-0.25, -0.2) is 0 Å². The van der Waals surface area contributed by atoms with Crippen molar-refractivity contribution >= 4 is 11.5 Å². The maximum atomic E-state index is 12.6. The van der Waals surface area contributed by atoms with E-state index in [0.717, 1.165) is 11.1 Å². The normalized spacial score (nSPS) is 10.4. The lowest BCUT2D eigenvalue weighted by Crippen LogP contribution is -2.05. The molecule has 0 aromatic heterocycles. The van der Waals surface area contributed by atoms with Crippen molar-refractivity contribution in [1.82, 2.24) is 0 Å². The average molecular weight is 469 g/mol. The summed E-state index contributed by atoms with van der Waals surface area (Å²) in [4.78, 5) is 23.1. The number of hydrogen-bond acceptors (Lipinski definition) is 6. The van der Waals surface area contributed by atoms with Crippen LogP contribution in [0.1, 0.15) is 28.4 Å². The van der Waals surface area contributed by atoms with Gasteiger partial charge in [-0.05, 0) is 30.2 Å². The Morgan fingerprint density at radius 1 is 0.743 bits per heavy atom. The fourth-order valence-corrected chi connectivity index (χ4v) is 3.43. The quantitative estimate of drug-likeness (QED) is 0.145. The molecule has 7 heteroatoms. The monoisotopic (exact) mass is 469 g/mol. The molecule has 0 radical (unpaired) electrons. The minimum absolute atomic E-state index is 0.0593. The standard InChI is InChI=1S/C28H23NO6/c1-20(30)28-26(34-19-22-10-6-3-7-11-22)16-25(33-18-21-8-4-2-5-9-21)17-27(28)35-24-14-12-23(13-15-24)29(31)32/h2-17H,18-19H2,1H3. The van der Waals surface area contributed by atoms with Crippen LogP contribution >= 0.6 is 0 Å². The lowest BCUT2D eigenvalue weighted by atomic mass is 10.1. The predicted octanol–water partition coefficient (Wildman–Crippen LogP) is 6.75. The molecule has 0 fully saturated rings. The van der Waals surface area contributed by atoms with Gasteiger partial charge < -0.3 is 14.2 Å². The van der Waals surface area contributed by atoms with Gasteiger partial charge in [-0.3, -0.25) is 14.9 Å². The van der Waals surface area contributed by atoms with Crippen molar-refractivity contribution in [1.29, 1.82) is 0 Å². The van der Waals surface area contributed by atoms with Crippen molar-refractivity contribution in [3.05, 3.63) is 124 Å². The summed E-state index contributed by atoms with van der Waals surface area (Å²) in [5.41, 5.74) is 2.12. The van der Waals surface area contributed by atoms with Gasteiger partial charge in [-0.2, -0.15) is 0 Å². The van der Waals surface area contributed by atoms with E-state index in [9.17, 15) is 14.9 Å². The fraction of sp³-hybridized carbons (Fsp3) is 0.107. The zero-order valence-corrected chi connectivity index (χ0v) is 19.0. The van der Waals surface area contributed by atoms with E-state index in [-0.39, 0.29) is 29.4 Å². The zero-order valence-electron chi connectivity index (χ0n) is 19.0. The van der Waals surface area contributed by atoms with Crippen molar-refractivity contribution in [2.75, 3.05) is 0 Å². The molecule has 0 saturated carbocycles. The number of ether oxygens (including phenoxy) is 3. The van der Waals surface area contributed by atoms with Crippen molar-refractivity contribution in [2.45, 2.75) is 20.1 Å². The molecule has 0 heterocycles. The van der Waals surface area contributed by atoms with Gasteiger partial charge in [0.1, 0.15) is 41.8 Å². The third-order valence-corrected chi connectivity index (χ3v) is 5.15. The van der Waals surface area contributed by atoms with E-state index >= 15 is 0 Å². The molecule has 0 spiro atoms. The van der Waals surface area contributed by atoms with Gasteiger partial charge in [0.05, 0.1) is 4.92 Å². The Hall–Kier alpha value is -4.65. The van der Waals surface area contributed by atoms with Gasteiger partial charge in [0.2, 0.25) is 0 Å². The highest BCUT2D eigenvalue weighted by molar-refractivity contribution is 6.00. The highest BCUT2D eigenvalue weighted by Gasteiger charge is 2.20. The van der Waals surface area contributed by atoms with Crippen molar-refractivity contribution in [3.63, 3.8) is 0 Å². The number of nitro benzene ring substituents is 1. The third kappa shape index (κ3) is 6.23. The Bertz CT molecular complexity index is 1300. The Labute approximate surface area is 202 Å². The Kier molecular flexibility index (Phi) is 7.37. The van der Waals surface area contributed by atoms with Crippen LogP contribution in [0.25, 0.3) is 0 Å². The van der Waals surface area contributed by atoms with Gasteiger partial charge in [-0.1, -0.05) is 60.7 Å². The number of nitro groups is 1. The summed E-state index contributed by atoms with van der Waals surface area (Å²) >= 11 is 0. The highest BCUT2D eigenvalue weighted by atomic mass is 16.6. The molecule has 0 aliphatic carbocycles. The zero-order chi connectivity index (χ0) is 24.6. The lowest BCUT2D eigenvalue weighted by molar-refractivity contribution is -0.384. The number of benzene rings is 4. The Morgan fingerprint density at radius 2 is 1.29 bits per heavy atom. The summed E-state index contributed by atoms with van der Waals surface area (Å²) in [5.74, 6) is 1.11. The molecule has 35 heavy (non-hydrogen) atoms. The largest absolute Gasteiger partial charge is 0.489 e. The second-order valence-electron chi connectivity index (χ2n) is 7.75. The van der Waals surface area contributed by atoms with Crippen LogP contribution in [0.15, 0.2) is 97.1 Å². The molecule has 0 amide bonds. The first-order chi connectivity index (χ1) is 17.0. The summed E-state index contributed by atoms with van der Waals surface area (Å²) in [6.07, 6.45) is 0. The summed E-state index contributed by atoms with van der Waals surface area (Å²) in [6, 6.07) is 28.2. The van der Waals surface area contributed by atoms with Gasteiger partial charge >= 0.3 is 0 Å². The minimum atomic E-state index is -0.488. The minimum Gasteiger partial charge on any atom is -0.489 e. The number of nitrogens with zero attached hydrogens (tertiary/aromatic N) is 1. The van der Waals surface area contributed by atoms with Crippen LogP contribution in [-0.4, -0.2) is 10.7 Å². The van der Waals surface area contributed by atoms with Crippen LogP contribution in [-0.2, 0) is 13.2 Å². The van der Waals surface area contributed by atoms with E-state index in [2.05, 4.69) is 0 Å². The lowest BCUT2D eigenvalue weighted by Gasteiger charge is -2.17. The van der Waals surface area contributed by atoms with E-state index in [1.807, 2.05) is 60.7 Å². The first-order valence-corrected chi connectivity index (χ1v) is 10.9. The molecule has 0 saturated heterocycles. The molecular formula is C28H23NO6. The molecule has 0 bridgehead atoms. The topological polar surface area (TPSA) is 87.9 Å². The van der Waals surface area contributed by atoms with E-state index in [1.165, 1.54) is 31.2 Å². The number of Topliss-reactive ketones (excluding diaryl/α,β-unsaturated/α-hetero) is 1. The van der Waals surface area contributed by atoms with E-state index in [0.29, 0.717) is 23.9 Å². The van der Waals surface area contributed by atoms with E-state index in [1.54, 1.807) is 12.1 Å². The molecule has 0 unspecified atom stereocenters. The smallest absolute Gasteiger partial charge is 0.269 e. The molecule has 4 rings (SSSR count). The van der Waals surface area contributed by atoms with Gasteiger partial charge in [0.25, 0.3) is 5.69 Å². The molecule has 0 aliphatic rings. The fourth-order valence-electron chi connectivity index (χ4n) is 3.43. The number of carbonyl (C=O) groups excluding carboxylic acids is 1. The van der Waals surface area contributed by atoms with Crippen LogP contribution in [0, 0.1) is 10.1 Å². The molecule has 0 N–H and O–H groups in total. The van der Waals surface area contributed by atoms with Crippen LogP contribution in [0.3, 0.4) is 0 Å². The van der Waals surface area contributed by atoms with Crippen LogP contribution in [0.5, 0.6) is 23.0 Å². The van der Waals surface area contributed by atoms with Gasteiger partial charge in [0.15, 0.2) is 5.78 Å². The number of hydrogen-bond donors (Lipinski definition) is 0. The second kappa shape index (κ2) is 11.0. The second-order valence-corrected chi connectivity index (χ2v) is 7.75. The molecular weight excluding hydrogens is 446 g/mol. The summed E-state index contributed by atoms with van der Waals surface area (Å²) in [6.45, 7) is 1.99. The maximum Gasteiger partial charge on any atom is 0.269 e. The molecule has 176 valence electrons. The summed E-state index contributed by atoms with van der Waals surface area (Å²) in [5, 5.41) is 11.0. The number of carbonyl (C=O) groups is 1. The molecule has 0 atom stereocenters.